The van der Waals surface area contributed by atoms with Gasteiger partial charge in [0.2, 0.25) is 0 Å². The average molecular weight is 510 g/mol. The lowest BCUT2D eigenvalue weighted by molar-refractivity contribution is -0.116. The maximum atomic E-state index is 13.9. The van der Waals surface area contributed by atoms with E-state index in [4.69, 9.17) is 27.9 Å². The van der Waals surface area contributed by atoms with E-state index in [2.05, 4.69) is 0 Å². The lowest BCUT2D eigenvalue weighted by Gasteiger charge is -2.40. The highest BCUT2D eigenvalue weighted by Gasteiger charge is 2.53. The second kappa shape index (κ2) is 9.40. The minimum absolute atomic E-state index is 0.112. The standard InChI is InChI=1S/C28H25Cl2NO4/c1-17(33)19-4-11-26-25(13-19)27(34)31(14-18-2-7-23(29)8-3-18)28(26,22-5-9-24(30)10-6-22)35-16-21-12-20(21)15-32/h2-11,13,20-21,32H,12,14-16H2,1H3. The molecule has 1 fully saturated rings. The molecule has 0 bridgehead atoms. The number of benzene rings is 3. The van der Waals surface area contributed by atoms with Crippen LogP contribution in [0.5, 0.6) is 0 Å². The fourth-order valence-electron chi connectivity index (χ4n) is 4.82. The lowest BCUT2D eigenvalue weighted by atomic mass is 9.91. The molecular formula is C28H25Cl2NO4. The Balaban J connectivity index is 1.66. The molecule has 2 aliphatic rings. The zero-order valence-electron chi connectivity index (χ0n) is 19.2. The van der Waals surface area contributed by atoms with E-state index in [-0.39, 0.29) is 36.7 Å². The quantitative estimate of drug-likeness (QED) is 0.395. The molecule has 5 nitrogen and oxygen atoms in total. The van der Waals surface area contributed by atoms with Crippen molar-refractivity contribution in [2.24, 2.45) is 11.8 Å². The number of carbonyl (C=O) groups is 2. The van der Waals surface area contributed by atoms with Crippen LogP contribution in [-0.2, 0) is 17.0 Å². The monoisotopic (exact) mass is 509 g/mol. The van der Waals surface area contributed by atoms with Gasteiger partial charge in [0, 0.05) is 45.5 Å². The van der Waals surface area contributed by atoms with Gasteiger partial charge in [0.05, 0.1) is 6.61 Å². The zero-order chi connectivity index (χ0) is 24.7. The minimum Gasteiger partial charge on any atom is -0.396 e. The van der Waals surface area contributed by atoms with Crippen LogP contribution >= 0.6 is 23.2 Å². The molecule has 1 amide bonds. The van der Waals surface area contributed by atoms with E-state index < -0.39 is 5.72 Å². The summed E-state index contributed by atoms with van der Waals surface area (Å²) in [5, 5.41) is 10.7. The minimum atomic E-state index is -1.21. The third-order valence-electron chi connectivity index (χ3n) is 6.95. The van der Waals surface area contributed by atoms with Gasteiger partial charge in [0.25, 0.3) is 5.91 Å². The summed E-state index contributed by atoms with van der Waals surface area (Å²) in [7, 11) is 0. The molecule has 3 aromatic rings. The van der Waals surface area contributed by atoms with Crippen LogP contribution in [0.15, 0.2) is 66.7 Å². The number of halogens is 2. The highest BCUT2D eigenvalue weighted by Crippen LogP contribution is 2.49. The Bertz CT molecular complexity index is 1280. The summed E-state index contributed by atoms with van der Waals surface area (Å²) in [6.45, 7) is 2.26. The lowest BCUT2D eigenvalue weighted by Crippen LogP contribution is -2.47. The van der Waals surface area contributed by atoms with Gasteiger partial charge >= 0.3 is 0 Å². The number of hydrogen-bond donors (Lipinski definition) is 1. The molecule has 0 radical (unpaired) electrons. The molecule has 1 N–H and O–H groups in total. The Labute approximate surface area is 214 Å². The molecule has 180 valence electrons. The molecule has 0 spiro atoms. The number of ketones is 1. The van der Waals surface area contributed by atoms with E-state index in [1.54, 1.807) is 41.3 Å². The molecule has 0 saturated heterocycles. The van der Waals surface area contributed by atoms with Crippen LogP contribution in [0.2, 0.25) is 10.0 Å². The highest BCUT2D eigenvalue weighted by molar-refractivity contribution is 6.30. The molecule has 1 heterocycles. The molecule has 0 aromatic heterocycles. The number of ether oxygens (including phenoxy) is 1. The molecule has 7 heteroatoms. The molecular weight excluding hydrogens is 485 g/mol. The Morgan fingerprint density at radius 1 is 1.03 bits per heavy atom. The molecule has 35 heavy (non-hydrogen) atoms. The number of fused-ring (bicyclic) bond motifs is 1. The van der Waals surface area contributed by atoms with Crippen LogP contribution in [-0.4, -0.2) is 34.9 Å². The van der Waals surface area contributed by atoms with Gasteiger partial charge < -0.3 is 9.84 Å². The van der Waals surface area contributed by atoms with Crippen molar-refractivity contribution < 1.29 is 19.4 Å². The normalized spacial score (nSPS) is 22.9. The molecule has 3 atom stereocenters. The van der Waals surface area contributed by atoms with Crippen LogP contribution in [0, 0.1) is 11.8 Å². The highest BCUT2D eigenvalue weighted by atomic mass is 35.5. The summed E-state index contributed by atoms with van der Waals surface area (Å²) >= 11 is 12.3. The van der Waals surface area contributed by atoms with E-state index >= 15 is 0 Å². The van der Waals surface area contributed by atoms with Crippen molar-refractivity contribution in [1.29, 1.82) is 0 Å². The first-order chi connectivity index (χ1) is 16.8. The van der Waals surface area contributed by atoms with Crippen molar-refractivity contribution >= 4 is 34.9 Å². The predicted molar refractivity (Wildman–Crippen MR) is 135 cm³/mol. The Morgan fingerprint density at radius 3 is 2.29 bits per heavy atom. The van der Waals surface area contributed by atoms with Crippen molar-refractivity contribution in [3.8, 4) is 0 Å². The van der Waals surface area contributed by atoms with Gasteiger partial charge in [-0.05, 0) is 61.1 Å². The zero-order valence-corrected chi connectivity index (χ0v) is 20.7. The predicted octanol–water partition coefficient (Wildman–Crippen LogP) is 5.70. The molecule has 3 unspecified atom stereocenters. The number of nitrogens with zero attached hydrogens (tertiary/aromatic N) is 1. The van der Waals surface area contributed by atoms with E-state index in [0.717, 1.165) is 17.5 Å². The number of rotatable bonds is 8. The summed E-state index contributed by atoms with van der Waals surface area (Å²) in [5.41, 5.74) is 2.04. The fourth-order valence-corrected chi connectivity index (χ4v) is 5.07. The Morgan fingerprint density at radius 2 is 1.69 bits per heavy atom. The van der Waals surface area contributed by atoms with E-state index in [1.165, 1.54) is 6.92 Å². The maximum absolute atomic E-state index is 13.9. The van der Waals surface area contributed by atoms with Crippen LogP contribution in [0.3, 0.4) is 0 Å². The summed E-state index contributed by atoms with van der Waals surface area (Å²) in [6, 6.07) is 19.9. The van der Waals surface area contributed by atoms with Crippen molar-refractivity contribution in [2.45, 2.75) is 25.6 Å². The second-order valence-electron chi connectivity index (χ2n) is 9.23. The first-order valence-electron chi connectivity index (χ1n) is 11.6. The molecule has 1 aliphatic carbocycles. The molecule has 5 rings (SSSR count). The summed E-state index contributed by atoms with van der Waals surface area (Å²) in [5.74, 6) is 0.0943. The third-order valence-corrected chi connectivity index (χ3v) is 7.45. The van der Waals surface area contributed by atoms with Crippen LogP contribution < -0.4 is 0 Å². The van der Waals surface area contributed by atoms with Gasteiger partial charge in [-0.15, -0.1) is 0 Å². The summed E-state index contributed by atoms with van der Waals surface area (Å²) in [4.78, 5) is 27.7. The van der Waals surface area contributed by atoms with Gasteiger partial charge in [-0.2, -0.15) is 0 Å². The number of aliphatic hydroxyl groups is 1. The van der Waals surface area contributed by atoms with E-state index in [9.17, 15) is 14.7 Å². The first-order valence-corrected chi connectivity index (χ1v) is 12.3. The van der Waals surface area contributed by atoms with Crippen LogP contribution in [0.4, 0.5) is 0 Å². The van der Waals surface area contributed by atoms with Gasteiger partial charge in [0.1, 0.15) is 0 Å². The maximum Gasteiger partial charge on any atom is 0.257 e. The number of aliphatic hydroxyl groups excluding tert-OH is 1. The number of amides is 1. The summed E-state index contributed by atoms with van der Waals surface area (Å²) < 4.78 is 6.72. The third kappa shape index (κ3) is 4.38. The topological polar surface area (TPSA) is 66.8 Å². The molecule has 3 aromatic carbocycles. The van der Waals surface area contributed by atoms with Gasteiger partial charge in [0.15, 0.2) is 11.5 Å². The number of hydrogen-bond acceptors (Lipinski definition) is 4. The Hall–Kier alpha value is -2.70. The van der Waals surface area contributed by atoms with Gasteiger partial charge in [-0.1, -0.05) is 59.6 Å². The van der Waals surface area contributed by atoms with Crippen molar-refractivity contribution in [2.75, 3.05) is 13.2 Å². The van der Waals surface area contributed by atoms with Crippen molar-refractivity contribution in [1.82, 2.24) is 4.90 Å². The van der Waals surface area contributed by atoms with Crippen LogP contribution in [0.1, 0.15) is 50.8 Å². The summed E-state index contributed by atoms with van der Waals surface area (Å²) in [6.07, 6.45) is 0.883. The SMILES string of the molecule is CC(=O)c1ccc2c(c1)C(=O)N(Cc1ccc(Cl)cc1)C2(OCC1CC1CO)c1ccc(Cl)cc1. The first kappa shape index (κ1) is 24.0. The number of Topliss-reactive ketones (excluding diaryl/α,β-unsaturated/α-hetero) is 1. The average Bonchev–Trinajstić information content (AvgIpc) is 3.59. The van der Waals surface area contributed by atoms with Crippen molar-refractivity contribution in [3.05, 3.63) is 105 Å². The fraction of sp³-hybridized carbons (Fsp3) is 0.286. The molecule has 1 saturated carbocycles. The van der Waals surface area contributed by atoms with Gasteiger partial charge in [-0.3, -0.25) is 14.5 Å². The van der Waals surface area contributed by atoms with Crippen LogP contribution in [0.25, 0.3) is 0 Å². The number of carbonyl (C=O) groups excluding carboxylic acids is 2. The largest absolute Gasteiger partial charge is 0.396 e. The van der Waals surface area contributed by atoms with Gasteiger partial charge in [-0.25, -0.2) is 0 Å². The smallest absolute Gasteiger partial charge is 0.257 e. The van der Waals surface area contributed by atoms with E-state index in [0.29, 0.717) is 33.3 Å². The van der Waals surface area contributed by atoms with E-state index in [1.807, 2.05) is 30.3 Å². The molecule has 1 aliphatic heterocycles. The Kier molecular flexibility index (Phi) is 6.45. The van der Waals surface area contributed by atoms with Crippen molar-refractivity contribution in [3.63, 3.8) is 0 Å². The second-order valence-corrected chi connectivity index (χ2v) is 10.1.